The van der Waals surface area contributed by atoms with Crippen LogP contribution in [0.2, 0.25) is 0 Å². The van der Waals surface area contributed by atoms with E-state index in [1.165, 1.54) is 25.6 Å². The van der Waals surface area contributed by atoms with Crippen LogP contribution in [0.25, 0.3) is 0 Å². The van der Waals surface area contributed by atoms with Gasteiger partial charge in [-0.05, 0) is 32.1 Å². The lowest BCUT2D eigenvalue weighted by molar-refractivity contribution is -0.136. The summed E-state index contributed by atoms with van der Waals surface area (Å²) in [5.41, 5.74) is 2.19. The standard InChI is InChI=1S/C11H17NO2/c1-14-11(13)9-5-4-8-12-7-3-2-6-10(9)12/h2-8H2,1H3. The van der Waals surface area contributed by atoms with Gasteiger partial charge >= 0.3 is 5.97 Å². The van der Waals surface area contributed by atoms with Gasteiger partial charge in [0, 0.05) is 18.8 Å². The molecule has 0 aromatic carbocycles. The predicted molar refractivity (Wildman–Crippen MR) is 53.7 cm³/mol. The first-order valence-corrected chi connectivity index (χ1v) is 5.38. The van der Waals surface area contributed by atoms with Crippen LogP contribution >= 0.6 is 0 Å². The second-order valence-corrected chi connectivity index (χ2v) is 3.96. The fraction of sp³-hybridized carbons (Fsp3) is 0.727. The van der Waals surface area contributed by atoms with Gasteiger partial charge in [-0.2, -0.15) is 0 Å². The zero-order chi connectivity index (χ0) is 9.97. The topological polar surface area (TPSA) is 29.5 Å². The molecule has 0 spiro atoms. The highest BCUT2D eigenvalue weighted by Gasteiger charge is 2.26. The minimum Gasteiger partial charge on any atom is -0.466 e. The molecule has 0 radical (unpaired) electrons. The van der Waals surface area contributed by atoms with Gasteiger partial charge in [0.05, 0.1) is 12.7 Å². The summed E-state index contributed by atoms with van der Waals surface area (Å²) in [6, 6.07) is 0. The molecule has 3 heteroatoms. The third-order valence-electron chi connectivity index (χ3n) is 3.11. The molecule has 0 aromatic heterocycles. The molecule has 3 nitrogen and oxygen atoms in total. The zero-order valence-electron chi connectivity index (χ0n) is 8.71. The number of rotatable bonds is 1. The molecule has 0 N–H and O–H groups in total. The van der Waals surface area contributed by atoms with E-state index >= 15 is 0 Å². The first kappa shape index (κ1) is 9.56. The van der Waals surface area contributed by atoms with E-state index in [0.29, 0.717) is 0 Å². The summed E-state index contributed by atoms with van der Waals surface area (Å²) in [7, 11) is 1.47. The van der Waals surface area contributed by atoms with E-state index in [9.17, 15) is 4.79 Å². The molecular weight excluding hydrogens is 178 g/mol. The number of nitrogens with zero attached hydrogens (tertiary/aromatic N) is 1. The summed E-state index contributed by atoms with van der Waals surface area (Å²) in [6.07, 6.45) is 5.53. The quantitative estimate of drug-likeness (QED) is 0.596. The van der Waals surface area contributed by atoms with Crippen molar-refractivity contribution in [3.8, 4) is 0 Å². The predicted octanol–water partition coefficient (Wildman–Crippen LogP) is 1.69. The van der Waals surface area contributed by atoms with Crippen LogP contribution in [0.5, 0.6) is 0 Å². The Hall–Kier alpha value is -0.990. The van der Waals surface area contributed by atoms with E-state index in [0.717, 1.165) is 37.9 Å². The van der Waals surface area contributed by atoms with Gasteiger partial charge in [0.1, 0.15) is 0 Å². The molecule has 0 saturated carbocycles. The van der Waals surface area contributed by atoms with E-state index in [4.69, 9.17) is 4.74 Å². The minimum absolute atomic E-state index is 0.119. The number of hydrogen-bond donors (Lipinski definition) is 0. The van der Waals surface area contributed by atoms with E-state index < -0.39 is 0 Å². The molecule has 78 valence electrons. The Morgan fingerprint density at radius 2 is 2.00 bits per heavy atom. The van der Waals surface area contributed by atoms with Crippen LogP contribution in [0, 0.1) is 0 Å². The normalized spacial score (nSPS) is 21.9. The van der Waals surface area contributed by atoms with Crippen molar-refractivity contribution in [1.82, 2.24) is 4.90 Å². The first-order valence-electron chi connectivity index (χ1n) is 5.38. The van der Waals surface area contributed by atoms with Gasteiger partial charge in [-0.3, -0.25) is 0 Å². The maximum absolute atomic E-state index is 11.5. The van der Waals surface area contributed by atoms with Crippen molar-refractivity contribution in [2.45, 2.75) is 32.1 Å². The summed E-state index contributed by atoms with van der Waals surface area (Å²) in [6.45, 7) is 2.24. The molecule has 1 fully saturated rings. The largest absolute Gasteiger partial charge is 0.466 e. The molecule has 0 atom stereocenters. The van der Waals surface area contributed by atoms with Gasteiger partial charge in [-0.25, -0.2) is 4.79 Å². The third-order valence-corrected chi connectivity index (χ3v) is 3.11. The number of piperidine rings is 1. The molecular formula is C11H17NO2. The van der Waals surface area contributed by atoms with Crippen LogP contribution in [0.3, 0.4) is 0 Å². The van der Waals surface area contributed by atoms with Crippen LogP contribution < -0.4 is 0 Å². The van der Waals surface area contributed by atoms with E-state index in [1.807, 2.05) is 0 Å². The summed E-state index contributed by atoms with van der Waals surface area (Å²) in [5, 5.41) is 0. The Morgan fingerprint density at radius 1 is 1.21 bits per heavy atom. The fourth-order valence-electron chi connectivity index (χ4n) is 2.41. The summed E-state index contributed by atoms with van der Waals surface area (Å²) in [5.74, 6) is -0.119. The molecule has 0 bridgehead atoms. The minimum atomic E-state index is -0.119. The van der Waals surface area contributed by atoms with Crippen molar-refractivity contribution < 1.29 is 9.53 Å². The van der Waals surface area contributed by atoms with Crippen molar-refractivity contribution in [3.63, 3.8) is 0 Å². The van der Waals surface area contributed by atoms with Crippen LogP contribution in [-0.2, 0) is 9.53 Å². The number of allylic oxidation sites excluding steroid dienone is 1. The summed E-state index contributed by atoms with van der Waals surface area (Å²) < 4.78 is 4.82. The molecule has 0 amide bonds. The van der Waals surface area contributed by atoms with Crippen molar-refractivity contribution in [2.24, 2.45) is 0 Å². The Bertz CT molecular complexity index is 270. The van der Waals surface area contributed by atoms with Crippen LogP contribution in [0.15, 0.2) is 11.3 Å². The molecule has 2 aliphatic rings. The van der Waals surface area contributed by atoms with E-state index in [2.05, 4.69) is 4.90 Å². The smallest absolute Gasteiger partial charge is 0.335 e. The maximum atomic E-state index is 11.5. The number of methoxy groups -OCH3 is 1. The number of fused-ring (bicyclic) bond motifs is 1. The van der Waals surface area contributed by atoms with Gasteiger partial charge < -0.3 is 9.64 Å². The zero-order valence-corrected chi connectivity index (χ0v) is 8.71. The van der Waals surface area contributed by atoms with Crippen molar-refractivity contribution in [3.05, 3.63) is 11.3 Å². The van der Waals surface area contributed by atoms with Gasteiger partial charge in [0.15, 0.2) is 0 Å². The number of hydrogen-bond acceptors (Lipinski definition) is 3. The van der Waals surface area contributed by atoms with Gasteiger partial charge in [0.2, 0.25) is 0 Å². The summed E-state index contributed by atoms with van der Waals surface area (Å²) >= 11 is 0. The Kier molecular flexibility index (Phi) is 2.75. The van der Waals surface area contributed by atoms with E-state index in [-0.39, 0.29) is 5.97 Å². The lowest BCUT2D eigenvalue weighted by Crippen LogP contribution is -2.34. The molecule has 2 aliphatic heterocycles. The van der Waals surface area contributed by atoms with Crippen molar-refractivity contribution in [1.29, 1.82) is 0 Å². The number of ether oxygens (including phenoxy) is 1. The monoisotopic (exact) mass is 195 g/mol. The molecule has 2 heterocycles. The van der Waals surface area contributed by atoms with E-state index in [1.54, 1.807) is 0 Å². The van der Waals surface area contributed by atoms with Crippen LogP contribution in [0.1, 0.15) is 32.1 Å². The molecule has 14 heavy (non-hydrogen) atoms. The van der Waals surface area contributed by atoms with Crippen LogP contribution in [-0.4, -0.2) is 31.1 Å². The first-order chi connectivity index (χ1) is 6.83. The maximum Gasteiger partial charge on any atom is 0.335 e. The van der Waals surface area contributed by atoms with Crippen molar-refractivity contribution in [2.75, 3.05) is 20.2 Å². The average molecular weight is 195 g/mol. The van der Waals surface area contributed by atoms with Crippen molar-refractivity contribution >= 4 is 5.97 Å². The van der Waals surface area contributed by atoms with Gasteiger partial charge in [-0.15, -0.1) is 0 Å². The number of esters is 1. The highest BCUT2D eigenvalue weighted by Crippen LogP contribution is 2.30. The Balaban J connectivity index is 2.25. The Morgan fingerprint density at radius 3 is 2.79 bits per heavy atom. The van der Waals surface area contributed by atoms with Crippen LogP contribution in [0.4, 0.5) is 0 Å². The molecule has 0 unspecified atom stereocenters. The van der Waals surface area contributed by atoms with Gasteiger partial charge in [-0.1, -0.05) is 0 Å². The SMILES string of the molecule is COC(=O)C1=C2CCCCN2CCC1. The second-order valence-electron chi connectivity index (χ2n) is 3.96. The highest BCUT2D eigenvalue weighted by molar-refractivity contribution is 5.89. The summed E-state index contributed by atoms with van der Waals surface area (Å²) in [4.78, 5) is 13.9. The Labute approximate surface area is 84.7 Å². The highest BCUT2D eigenvalue weighted by atomic mass is 16.5. The fourth-order valence-corrected chi connectivity index (χ4v) is 2.41. The molecule has 1 saturated heterocycles. The third kappa shape index (κ3) is 1.63. The lowest BCUT2D eigenvalue weighted by Gasteiger charge is -2.36. The second kappa shape index (κ2) is 4.03. The average Bonchev–Trinajstić information content (AvgIpc) is 2.27. The number of carbonyl (C=O) groups is 1. The molecule has 0 aliphatic carbocycles. The number of carbonyl (C=O) groups excluding carboxylic acids is 1. The van der Waals surface area contributed by atoms with Gasteiger partial charge in [0.25, 0.3) is 0 Å². The molecule has 2 rings (SSSR count). The molecule has 0 aromatic rings. The lowest BCUT2D eigenvalue weighted by atomic mass is 9.95.